The Hall–Kier alpha value is -2.71. The Morgan fingerprint density at radius 3 is 2.69 bits per heavy atom. The molecule has 3 aromatic rings. The summed E-state index contributed by atoms with van der Waals surface area (Å²) in [6.07, 6.45) is 2.60. The third-order valence-corrected chi connectivity index (χ3v) is 6.51. The van der Waals surface area contributed by atoms with Crippen molar-refractivity contribution in [3.63, 3.8) is 0 Å². The highest BCUT2D eigenvalue weighted by atomic mass is 32.2. The number of amides is 1. The predicted molar refractivity (Wildman–Crippen MR) is 112 cm³/mol. The van der Waals surface area contributed by atoms with Crippen LogP contribution in [-0.4, -0.2) is 29.9 Å². The van der Waals surface area contributed by atoms with Crippen LogP contribution in [0.3, 0.4) is 0 Å². The molecule has 152 valence electrons. The fraction of sp³-hybridized carbons (Fsp3) is 0.333. The Bertz CT molecular complexity index is 1180. The molecule has 1 heterocycles. The topological polar surface area (TPSA) is 93.1 Å². The third-order valence-electron chi connectivity index (χ3n) is 4.99. The van der Waals surface area contributed by atoms with E-state index < -0.39 is 10.0 Å². The number of aromatic nitrogens is 2. The lowest BCUT2D eigenvalue weighted by molar-refractivity contribution is 0.102. The first-order valence-electron chi connectivity index (χ1n) is 9.78. The van der Waals surface area contributed by atoms with E-state index in [1.807, 2.05) is 28.8 Å². The molecule has 2 N–H and O–H groups in total. The van der Waals surface area contributed by atoms with Gasteiger partial charge in [-0.3, -0.25) is 10.1 Å². The van der Waals surface area contributed by atoms with Crippen molar-refractivity contribution >= 4 is 32.9 Å². The summed E-state index contributed by atoms with van der Waals surface area (Å²) >= 11 is 0. The molecule has 0 saturated heterocycles. The molecule has 1 aliphatic carbocycles. The van der Waals surface area contributed by atoms with E-state index >= 15 is 0 Å². The van der Waals surface area contributed by atoms with E-state index in [2.05, 4.69) is 21.9 Å². The number of nitrogens with zero attached hydrogens (tertiary/aromatic N) is 2. The van der Waals surface area contributed by atoms with Crippen molar-refractivity contribution in [2.24, 2.45) is 0 Å². The predicted octanol–water partition coefficient (Wildman–Crippen LogP) is 3.45. The highest BCUT2D eigenvalue weighted by Crippen LogP contribution is 2.24. The van der Waals surface area contributed by atoms with Gasteiger partial charge in [0.25, 0.3) is 5.91 Å². The summed E-state index contributed by atoms with van der Waals surface area (Å²) in [7, 11) is -3.63. The van der Waals surface area contributed by atoms with E-state index in [1.165, 1.54) is 12.1 Å². The maximum Gasteiger partial charge on any atom is 0.258 e. The van der Waals surface area contributed by atoms with E-state index in [0.717, 1.165) is 36.8 Å². The van der Waals surface area contributed by atoms with Gasteiger partial charge in [-0.05, 0) is 56.0 Å². The molecule has 0 atom stereocenters. The van der Waals surface area contributed by atoms with Gasteiger partial charge in [-0.15, -0.1) is 0 Å². The van der Waals surface area contributed by atoms with Crippen LogP contribution in [0.25, 0.3) is 11.0 Å². The van der Waals surface area contributed by atoms with Crippen molar-refractivity contribution in [3.8, 4) is 0 Å². The van der Waals surface area contributed by atoms with Crippen LogP contribution in [0.2, 0.25) is 0 Å². The molecule has 29 heavy (non-hydrogen) atoms. The summed E-state index contributed by atoms with van der Waals surface area (Å²) < 4.78 is 29.7. The van der Waals surface area contributed by atoms with Gasteiger partial charge in [-0.1, -0.05) is 25.1 Å². The summed E-state index contributed by atoms with van der Waals surface area (Å²) in [5.41, 5.74) is 2.77. The molecule has 1 aliphatic rings. The Balaban J connectivity index is 1.66. The Kier molecular flexibility index (Phi) is 5.14. The van der Waals surface area contributed by atoms with Gasteiger partial charge in [0.1, 0.15) is 0 Å². The largest absolute Gasteiger partial charge is 0.310 e. The lowest BCUT2D eigenvalue weighted by atomic mass is 10.1. The zero-order chi connectivity index (χ0) is 20.6. The van der Waals surface area contributed by atoms with Crippen molar-refractivity contribution in [3.05, 3.63) is 53.6 Å². The molecule has 1 aromatic heterocycles. The minimum Gasteiger partial charge on any atom is -0.310 e. The van der Waals surface area contributed by atoms with Gasteiger partial charge in [0.15, 0.2) is 0 Å². The van der Waals surface area contributed by atoms with Gasteiger partial charge in [-0.25, -0.2) is 18.1 Å². The molecule has 0 spiro atoms. The second-order valence-corrected chi connectivity index (χ2v) is 9.12. The normalized spacial score (nSPS) is 14.3. The summed E-state index contributed by atoms with van der Waals surface area (Å²) in [5.74, 6) is 0.0837. The third kappa shape index (κ3) is 4.04. The number of fused-ring (bicyclic) bond motifs is 1. The molecule has 0 unspecified atom stereocenters. The number of hydrogen-bond donors (Lipinski definition) is 2. The van der Waals surface area contributed by atoms with Gasteiger partial charge < -0.3 is 4.57 Å². The van der Waals surface area contributed by atoms with E-state index in [0.29, 0.717) is 17.1 Å². The minimum atomic E-state index is -3.63. The maximum atomic E-state index is 13.0. The Morgan fingerprint density at radius 1 is 1.21 bits per heavy atom. The van der Waals surface area contributed by atoms with Crippen LogP contribution < -0.4 is 10.0 Å². The zero-order valence-corrected chi connectivity index (χ0v) is 17.3. The van der Waals surface area contributed by atoms with Crippen LogP contribution >= 0.6 is 0 Å². The molecule has 1 fully saturated rings. The van der Waals surface area contributed by atoms with Crippen LogP contribution in [0.4, 0.5) is 5.95 Å². The number of sulfonamides is 1. The first kappa shape index (κ1) is 19.6. The van der Waals surface area contributed by atoms with E-state index in [4.69, 9.17) is 0 Å². The van der Waals surface area contributed by atoms with Gasteiger partial charge in [-0.2, -0.15) is 0 Å². The maximum absolute atomic E-state index is 13.0. The van der Waals surface area contributed by atoms with Gasteiger partial charge in [0.05, 0.1) is 15.9 Å². The number of aryl methyl sites for hydroxylation is 2. The highest BCUT2D eigenvalue weighted by molar-refractivity contribution is 7.89. The monoisotopic (exact) mass is 412 g/mol. The summed E-state index contributed by atoms with van der Waals surface area (Å²) in [6.45, 7) is 4.56. The molecular formula is C21H24N4O3S. The molecular weight excluding hydrogens is 388 g/mol. The van der Waals surface area contributed by atoms with E-state index in [-0.39, 0.29) is 16.8 Å². The molecule has 1 saturated carbocycles. The molecule has 1 amide bonds. The second kappa shape index (κ2) is 7.61. The smallest absolute Gasteiger partial charge is 0.258 e. The lowest BCUT2D eigenvalue weighted by Gasteiger charge is -2.12. The number of carbonyl (C=O) groups excluding carboxylic acids is 1. The van der Waals surface area contributed by atoms with Crippen molar-refractivity contribution in [2.45, 2.75) is 50.6 Å². The number of para-hydroxylation sites is 2. The quantitative estimate of drug-likeness (QED) is 0.622. The standard InChI is InChI=1S/C21H24N4O3S/c1-3-12-25-19-7-5-4-6-18(19)22-21(25)23-20(26)17-13-16(11-8-14(17)2)29(27,28)24-15-9-10-15/h4-8,11,13,15,24H,3,9-10,12H2,1-2H3,(H,22,23,26). The van der Waals surface area contributed by atoms with Gasteiger partial charge >= 0.3 is 0 Å². The van der Waals surface area contributed by atoms with Crippen molar-refractivity contribution in [1.82, 2.24) is 14.3 Å². The second-order valence-electron chi connectivity index (χ2n) is 7.40. The Morgan fingerprint density at radius 2 is 1.97 bits per heavy atom. The zero-order valence-electron chi connectivity index (χ0n) is 16.5. The first-order valence-corrected chi connectivity index (χ1v) is 11.3. The van der Waals surface area contributed by atoms with Crippen LogP contribution in [0.1, 0.15) is 42.1 Å². The van der Waals surface area contributed by atoms with Crippen LogP contribution in [0, 0.1) is 6.92 Å². The average molecular weight is 413 g/mol. The number of imidazole rings is 1. The molecule has 7 nitrogen and oxygen atoms in total. The summed E-state index contributed by atoms with van der Waals surface area (Å²) in [4.78, 5) is 17.6. The van der Waals surface area contributed by atoms with Crippen LogP contribution in [0.15, 0.2) is 47.4 Å². The van der Waals surface area contributed by atoms with Crippen LogP contribution in [-0.2, 0) is 16.6 Å². The number of hydrogen-bond acceptors (Lipinski definition) is 4. The van der Waals surface area contributed by atoms with Crippen molar-refractivity contribution in [2.75, 3.05) is 5.32 Å². The van der Waals surface area contributed by atoms with Crippen molar-refractivity contribution < 1.29 is 13.2 Å². The number of anilines is 1. The van der Waals surface area contributed by atoms with E-state index in [9.17, 15) is 13.2 Å². The summed E-state index contributed by atoms with van der Waals surface area (Å²) in [5, 5.41) is 2.87. The molecule has 2 aromatic carbocycles. The lowest BCUT2D eigenvalue weighted by Crippen LogP contribution is -2.26. The molecule has 8 heteroatoms. The first-order chi connectivity index (χ1) is 13.9. The van der Waals surface area contributed by atoms with Crippen LogP contribution in [0.5, 0.6) is 0 Å². The van der Waals surface area contributed by atoms with Crippen molar-refractivity contribution in [1.29, 1.82) is 0 Å². The average Bonchev–Trinajstić information content (AvgIpc) is 3.43. The molecule has 0 bridgehead atoms. The molecule has 4 rings (SSSR count). The number of rotatable bonds is 7. The highest BCUT2D eigenvalue weighted by Gasteiger charge is 2.28. The number of carbonyl (C=O) groups is 1. The number of nitrogens with one attached hydrogen (secondary N) is 2. The fourth-order valence-corrected chi connectivity index (χ4v) is 4.62. The fourth-order valence-electron chi connectivity index (χ4n) is 3.29. The Labute approximate surface area is 170 Å². The van der Waals surface area contributed by atoms with Gasteiger partial charge in [0.2, 0.25) is 16.0 Å². The number of benzene rings is 2. The van der Waals surface area contributed by atoms with Gasteiger partial charge in [0, 0.05) is 18.2 Å². The minimum absolute atomic E-state index is 0.00697. The van der Waals surface area contributed by atoms with E-state index in [1.54, 1.807) is 13.0 Å². The molecule has 0 aliphatic heterocycles. The summed E-state index contributed by atoms with van der Waals surface area (Å²) in [6, 6.07) is 12.3. The molecule has 0 radical (unpaired) electrons. The SMILES string of the molecule is CCCn1c(NC(=O)c2cc(S(=O)(=O)NC3CC3)ccc2C)nc2ccccc21.